The minimum Gasteiger partial charge on any atom is -0.378 e. The Bertz CT molecular complexity index is 195. The number of likely N-dealkylation sites (N-methyl/N-ethyl adjacent to an activating group) is 1. The van der Waals surface area contributed by atoms with Gasteiger partial charge in [-0.1, -0.05) is 0 Å². The summed E-state index contributed by atoms with van der Waals surface area (Å²) in [6, 6.07) is 0. The molecule has 94 valence electrons. The lowest BCUT2D eigenvalue weighted by molar-refractivity contribution is -0.0687. The fourth-order valence-electron chi connectivity index (χ4n) is 2.38. The topological polar surface area (TPSA) is 33.7 Å². The monoisotopic (exact) mass is 228 g/mol. The van der Waals surface area contributed by atoms with Crippen LogP contribution in [0.4, 0.5) is 0 Å². The van der Waals surface area contributed by atoms with Crippen LogP contribution in [0.5, 0.6) is 0 Å². The van der Waals surface area contributed by atoms with Gasteiger partial charge in [0.05, 0.1) is 19.3 Å². The molecule has 0 aromatic carbocycles. The van der Waals surface area contributed by atoms with Crippen LogP contribution in [0, 0.1) is 5.92 Å². The lowest BCUT2D eigenvalue weighted by atomic mass is 9.99. The van der Waals surface area contributed by atoms with E-state index in [9.17, 15) is 0 Å². The first kappa shape index (κ1) is 12.3. The first-order chi connectivity index (χ1) is 7.84. The quantitative estimate of drug-likeness (QED) is 0.752. The molecule has 1 N–H and O–H groups in total. The zero-order valence-electron chi connectivity index (χ0n) is 10.3. The summed E-state index contributed by atoms with van der Waals surface area (Å²) in [5.74, 6) is 0.752. The largest absolute Gasteiger partial charge is 0.378 e. The van der Waals surface area contributed by atoms with Crippen molar-refractivity contribution in [3.8, 4) is 0 Å². The molecule has 0 aliphatic carbocycles. The van der Waals surface area contributed by atoms with Crippen LogP contribution < -0.4 is 5.32 Å². The van der Waals surface area contributed by atoms with Gasteiger partial charge in [0.15, 0.2) is 0 Å². The van der Waals surface area contributed by atoms with Crippen LogP contribution in [-0.4, -0.2) is 64.1 Å². The SMILES string of the molecule is CN1CCOC(COCC2CCNCC2)C1. The summed E-state index contributed by atoms with van der Waals surface area (Å²) in [6.45, 7) is 6.86. The van der Waals surface area contributed by atoms with E-state index in [0.29, 0.717) is 0 Å². The van der Waals surface area contributed by atoms with Crippen molar-refractivity contribution in [3.63, 3.8) is 0 Å². The summed E-state index contributed by atoms with van der Waals surface area (Å²) >= 11 is 0. The molecule has 0 radical (unpaired) electrons. The molecule has 2 fully saturated rings. The Hall–Kier alpha value is -0.160. The molecule has 4 heteroatoms. The number of hydrogen-bond donors (Lipinski definition) is 1. The molecule has 16 heavy (non-hydrogen) atoms. The van der Waals surface area contributed by atoms with Gasteiger partial charge in [-0.05, 0) is 38.9 Å². The Balaban J connectivity index is 1.56. The van der Waals surface area contributed by atoms with Gasteiger partial charge in [0.25, 0.3) is 0 Å². The van der Waals surface area contributed by atoms with Crippen LogP contribution >= 0.6 is 0 Å². The highest BCUT2D eigenvalue weighted by molar-refractivity contribution is 4.70. The molecular weight excluding hydrogens is 204 g/mol. The maximum atomic E-state index is 5.78. The Morgan fingerprint density at radius 3 is 2.88 bits per heavy atom. The van der Waals surface area contributed by atoms with E-state index in [0.717, 1.165) is 51.9 Å². The van der Waals surface area contributed by atoms with E-state index in [2.05, 4.69) is 17.3 Å². The van der Waals surface area contributed by atoms with E-state index >= 15 is 0 Å². The van der Waals surface area contributed by atoms with Gasteiger partial charge in [-0.25, -0.2) is 0 Å². The number of piperidine rings is 1. The average molecular weight is 228 g/mol. The first-order valence-electron chi connectivity index (χ1n) is 6.43. The standard InChI is InChI=1S/C12H24N2O2/c1-14-6-7-16-12(8-14)10-15-9-11-2-4-13-5-3-11/h11-13H,2-10H2,1H3. The van der Waals surface area contributed by atoms with Crippen LogP contribution in [0.3, 0.4) is 0 Å². The van der Waals surface area contributed by atoms with Gasteiger partial charge in [-0.3, -0.25) is 0 Å². The molecule has 0 spiro atoms. The van der Waals surface area contributed by atoms with Gasteiger partial charge in [-0.2, -0.15) is 0 Å². The van der Waals surface area contributed by atoms with Crippen LogP contribution in [0.1, 0.15) is 12.8 Å². The third-order valence-corrected chi connectivity index (χ3v) is 3.46. The van der Waals surface area contributed by atoms with E-state index in [1.165, 1.54) is 12.8 Å². The molecule has 2 saturated heterocycles. The highest BCUT2D eigenvalue weighted by Gasteiger charge is 2.19. The second-order valence-electron chi connectivity index (χ2n) is 4.99. The van der Waals surface area contributed by atoms with Crippen molar-refractivity contribution in [3.05, 3.63) is 0 Å². The molecule has 2 aliphatic heterocycles. The maximum Gasteiger partial charge on any atom is 0.0935 e. The van der Waals surface area contributed by atoms with Crippen molar-refractivity contribution in [2.45, 2.75) is 18.9 Å². The van der Waals surface area contributed by atoms with Crippen molar-refractivity contribution in [1.82, 2.24) is 10.2 Å². The molecule has 0 bridgehead atoms. The minimum atomic E-state index is 0.278. The second-order valence-corrected chi connectivity index (χ2v) is 4.99. The second kappa shape index (κ2) is 6.55. The number of hydrogen-bond acceptors (Lipinski definition) is 4. The minimum absolute atomic E-state index is 0.278. The predicted octanol–water partition coefficient (Wildman–Crippen LogP) is 0.333. The lowest BCUT2D eigenvalue weighted by Crippen LogP contribution is -2.42. The fraction of sp³-hybridized carbons (Fsp3) is 1.00. The first-order valence-corrected chi connectivity index (χ1v) is 6.43. The molecule has 2 heterocycles. The molecule has 0 saturated carbocycles. The van der Waals surface area contributed by atoms with Crippen LogP contribution in [0.15, 0.2) is 0 Å². The van der Waals surface area contributed by atoms with Gasteiger partial charge in [0, 0.05) is 19.7 Å². The zero-order chi connectivity index (χ0) is 11.2. The molecule has 0 aromatic heterocycles. The Morgan fingerprint density at radius 1 is 1.31 bits per heavy atom. The van der Waals surface area contributed by atoms with Gasteiger partial charge in [-0.15, -0.1) is 0 Å². The maximum absolute atomic E-state index is 5.78. The third-order valence-electron chi connectivity index (χ3n) is 3.46. The molecule has 1 atom stereocenters. The van der Waals surface area contributed by atoms with Crippen molar-refractivity contribution in [2.75, 3.05) is 53.0 Å². The van der Waals surface area contributed by atoms with E-state index < -0.39 is 0 Å². The Labute approximate surface area is 98.3 Å². The smallest absolute Gasteiger partial charge is 0.0935 e. The van der Waals surface area contributed by atoms with Crippen LogP contribution in [0.25, 0.3) is 0 Å². The summed E-state index contributed by atoms with van der Waals surface area (Å²) in [5, 5.41) is 3.37. The molecule has 1 unspecified atom stereocenters. The molecule has 0 aromatic rings. The van der Waals surface area contributed by atoms with Crippen molar-refractivity contribution < 1.29 is 9.47 Å². The molecule has 2 aliphatic rings. The van der Waals surface area contributed by atoms with Gasteiger partial charge >= 0.3 is 0 Å². The van der Waals surface area contributed by atoms with E-state index in [-0.39, 0.29) is 6.10 Å². The van der Waals surface area contributed by atoms with Gasteiger partial charge in [0.2, 0.25) is 0 Å². The van der Waals surface area contributed by atoms with Crippen molar-refractivity contribution in [1.29, 1.82) is 0 Å². The van der Waals surface area contributed by atoms with E-state index in [1.807, 2.05) is 0 Å². The molecular formula is C12H24N2O2. The number of ether oxygens (including phenoxy) is 2. The van der Waals surface area contributed by atoms with Crippen molar-refractivity contribution in [2.24, 2.45) is 5.92 Å². The Kier molecular flexibility index (Phi) is 5.03. The number of rotatable bonds is 4. The zero-order valence-corrected chi connectivity index (χ0v) is 10.3. The van der Waals surface area contributed by atoms with Crippen molar-refractivity contribution >= 4 is 0 Å². The third kappa shape index (κ3) is 4.01. The lowest BCUT2D eigenvalue weighted by Gasteiger charge is -2.30. The highest BCUT2D eigenvalue weighted by atomic mass is 16.5. The Morgan fingerprint density at radius 2 is 2.12 bits per heavy atom. The van der Waals surface area contributed by atoms with Crippen LogP contribution in [0.2, 0.25) is 0 Å². The fourth-order valence-corrected chi connectivity index (χ4v) is 2.38. The summed E-state index contributed by atoms with van der Waals surface area (Å²) in [4.78, 5) is 2.31. The normalized spacial score (nSPS) is 29.4. The van der Waals surface area contributed by atoms with Gasteiger partial charge < -0.3 is 19.7 Å². The average Bonchev–Trinajstić information content (AvgIpc) is 2.30. The summed E-state index contributed by atoms with van der Waals surface area (Å²) in [7, 11) is 2.14. The number of morpholine rings is 1. The summed E-state index contributed by atoms with van der Waals surface area (Å²) in [6.07, 6.45) is 2.79. The van der Waals surface area contributed by atoms with Gasteiger partial charge in [0.1, 0.15) is 0 Å². The molecule has 0 amide bonds. The highest BCUT2D eigenvalue weighted by Crippen LogP contribution is 2.12. The molecule has 4 nitrogen and oxygen atoms in total. The number of nitrogens with one attached hydrogen (secondary N) is 1. The van der Waals surface area contributed by atoms with Crippen LogP contribution in [-0.2, 0) is 9.47 Å². The van der Waals surface area contributed by atoms with E-state index in [1.54, 1.807) is 0 Å². The molecule has 2 rings (SSSR count). The number of nitrogens with zero attached hydrogens (tertiary/aromatic N) is 1. The summed E-state index contributed by atoms with van der Waals surface area (Å²) in [5.41, 5.74) is 0. The van der Waals surface area contributed by atoms with E-state index in [4.69, 9.17) is 9.47 Å². The predicted molar refractivity (Wildman–Crippen MR) is 63.6 cm³/mol. The summed E-state index contributed by atoms with van der Waals surface area (Å²) < 4.78 is 11.4.